The fourth-order valence-electron chi connectivity index (χ4n) is 2.16. The molecule has 0 bridgehead atoms. The third-order valence-corrected chi connectivity index (χ3v) is 3.84. The van der Waals surface area contributed by atoms with Gasteiger partial charge in [-0.3, -0.25) is 4.79 Å². The van der Waals surface area contributed by atoms with E-state index in [1.807, 2.05) is 12.1 Å². The normalized spacial score (nSPS) is 16.1. The van der Waals surface area contributed by atoms with Crippen LogP contribution < -0.4 is 0 Å². The van der Waals surface area contributed by atoms with Gasteiger partial charge in [0.25, 0.3) is 0 Å². The van der Waals surface area contributed by atoms with Crippen LogP contribution >= 0.6 is 15.9 Å². The van der Waals surface area contributed by atoms with E-state index in [2.05, 4.69) is 15.9 Å². The third kappa shape index (κ3) is 1.94. The molecular formula is C13H15BrO2. The van der Waals surface area contributed by atoms with E-state index in [1.165, 1.54) is 0 Å². The van der Waals surface area contributed by atoms with Crippen molar-refractivity contribution in [3.05, 3.63) is 33.3 Å². The Morgan fingerprint density at radius 1 is 1.31 bits per heavy atom. The third-order valence-electron chi connectivity index (χ3n) is 3.02. The van der Waals surface area contributed by atoms with Gasteiger partial charge in [0.2, 0.25) is 0 Å². The lowest BCUT2D eigenvalue weighted by atomic mass is 9.86. The van der Waals surface area contributed by atoms with Crippen molar-refractivity contribution in [2.45, 2.75) is 38.7 Å². The minimum atomic E-state index is -0.925. The first-order chi connectivity index (χ1) is 7.41. The van der Waals surface area contributed by atoms with Crippen LogP contribution in [-0.4, -0.2) is 10.9 Å². The van der Waals surface area contributed by atoms with Gasteiger partial charge in [0.1, 0.15) is 0 Å². The molecule has 0 fully saturated rings. The molecule has 0 amide bonds. The minimum Gasteiger partial charge on any atom is -0.386 e. The summed E-state index contributed by atoms with van der Waals surface area (Å²) in [6.07, 6.45) is 2.49. The molecule has 1 aliphatic carbocycles. The molecule has 0 spiro atoms. The molecule has 0 unspecified atom stereocenters. The van der Waals surface area contributed by atoms with E-state index < -0.39 is 5.60 Å². The van der Waals surface area contributed by atoms with Gasteiger partial charge in [-0.1, -0.05) is 12.1 Å². The molecule has 16 heavy (non-hydrogen) atoms. The van der Waals surface area contributed by atoms with Gasteiger partial charge in [-0.2, -0.15) is 0 Å². The first kappa shape index (κ1) is 11.8. The average Bonchev–Trinajstić information content (AvgIpc) is 2.16. The van der Waals surface area contributed by atoms with Crippen LogP contribution in [0.25, 0.3) is 0 Å². The highest BCUT2D eigenvalue weighted by Crippen LogP contribution is 2.35. The van der Waals surface area contributed by atoms with Crippen LogP contribution in [0.5, 0.6) is 0 Å². The Bertz CT molecular complexity index is 444. The second-order valence-electron chi connectivity index (χ2n) is 4.80. The highest BCUT2D eigenvalue weighted by Gasteiger charge is 2.26. The molecule has 0 aliphatic heterocycles. The van der Waals surface area contributed by atoms with E-state index in [4.69, 9.17) is 0 Å². The summed E-state index contributed by atoms with van der Waals surface area (Å²) in [5, 5.41) is 10.0. The summed E-state index contributed by atoms with van der Waals surface area (Å²) in [7, 11) is 0. The Kier molecular flexibility index (Phi) is 2.93. The van der Waals surface area contributed by atoms with Gasteiger partial charge in [0, 0.05) is 16.5 Å². The van der Waals surface area contributed by atoms with E-state index in [-0.39, 0.29) is 5.78 Å². The van der Waals surface area contributed by atoms with E-state index in [9.17, 15) is 9.90 Å². The van der Waals surface area contributed by atoms with Crippen LogP contribution in [0.15, 0.2) is 16.6 Å². The molecule has 3 heteroatoms. The monoisotopic (exact) mass is 282 g/mol. The van der Waals surface area contributed by atoms with Crippen LogP contribution in [0.3, 0.4) is 0 Å². The van der Waals surface area contributed by atoms with Gasteiger partial charge in [-0.05, 0) is 53.7 Å². The number of aryl methyl sites for hydroxylation is 1. The number of rotatable bonds is 1. The molecule has 2 nitrogen and oxygen atoms in total. The van der Waals surface area contributed by atoms with Crippen molar-refractivity contribution >= 4 is 21.7 Å². The predicted octanol–water partition coefficient (Wildman–Crippen LogP) is 3.20. The molecule has 0 saturated carbocycles. The summed E-state index contributed by atoms with van der Waals surface area (Å²) in [6.45, 7) is 3.46. The molecule has 2 rings (SSSR count). The maximum Gasteiger partial charge on any atom is 0.164 e. The van der Waals surface area contributed by atoms with Crippen molar-refractivity contribution in [2.24, 2.45) is 0 Å². The molecule has 86 valence electrons. The fraction of sp³-hybridized carbons (Fsp3) is 0.462. The number of halogens is 1. The van der Waals surface area contributed by atoms with E-state index in [1.54, 1.807) is 13.8 Å². The molecule has 0 atom stereocenters. The smallest absolute Gasteiger partial charge is 0.164 e. The summed E-state index contributed by atoms with van der Waals surface area (Å²) in [4.78, 5) is 11.9. The quantitative estimate of drug-likeness (QED) is 0.859. The summed E-state index contributed by atoms with van der Waals surface area (Å²) < 4.78 is 0.766. The molecule has 0 heterocycles. The number of hydrogen-bond donors (Lipinski definition) is 1. The second-order valence-corrected chi connectivity index (χ2v) is 5.59. The molecular weight excluding hydrogens is 268 g/mol. The Balaban J connectivity index is 2.63. The number of carbonyl (C=O) groups is 1. The predicted molar refractivity (Wildman–Crippen MR) is 66.7 cm³/mol. The van der Waals surface area contributed by atoms with Crippen LogP contribution in [-0.2, 0) is 12.0 Å². The van der Waals surface area contributed by atoms with Gasteiger partial charge >= 0.3 is 0 Å². The first-order valence-corrected chi connectivity index (χ1v) is 6.28. The largest absolute Gasteiger partial charge is 0.386 e. The standard InChI is InChI=1S/C13H15BrO2/c1-13(2,16)9-7-6-8-4-3-5-10(15)11(8)12(9)14/h6-7,16H,3-5H2,1-2H3. The van der Waals surface area contributed by atoms with Gasteiger partial charge in [-0.15, -0.1) is 0 Å². The van der Waals surface area contributed by atoms with Gasteiger partial charge < -0.3 is 5.11 Å². The maximum absolute atomic E-state index is 11.9. The number of carbonyl (C=O) groups excluding carboxylic acids is 1. The van der Waals surface area contributed by atoms with Crippen molar-refractivity contribution in [3.63, 3.8) is 0 Å². The van der Waals surface area contributed by atoms with Crippen LogP contribution in [0.2, 0.25) is 0 Å². The molecule has 0 radical (unpaired) electrons. The number of ketones is 1. The van der Waals surface area contributed by atoms with Crippen LogP contribution in [0, 0.1) is 0 Å². The van der Waals surface area contributed by atoms with Gasteiger partial charge in [0.05, 0.1) is 5.60 Å². The lowest BCUT2D eigenvalue weighted by molar-refractivity contribution is 0.0776. The minimum absolute atomic E-state index is 0.180. The van der Waals surface area contributed by atoms with Crippen molar-refractivity contribution < 1.29 is 9.90 Å². The Hall–Kier alpha value is -0.670. The van der Waals surface area contributed by atoms with Gasteiger partial charge in [0.15, 0.2) is 5.78 Å². The second kappa shape index (κ2) is 3.97. The Morgan fingerprint density at radius 2 is 2.00 bits per heavy atom. The zero-order valence-electron chi connectivity index (χ0n) is 9.51. The summed E-state index contributed by atoms with van der Waals surface area (Å²) >= 11 is 3.46. The molecule has 0 aromatic heterocycles. The van der Waals surface area contributed by atoms with E-state index >= 15 is 0 Å². The topological polar surface area (TPSA) is 37.3 Å². The molecule has 1 N–H and O–H groups in total. The molecule has 1 aliphatic rings. The van der Waals surface area contributed by atoms with Crippen molar-refractivity contribution in [2.75, 3.05) is 0 Å². The first-order valence-electron chi connectivity index (χ1n) is 5.48. The zero-order chi connectivity index (χ0) is 11.9. The Labute approximate surface area is 104 Å². The van der Waals surface area contributed by atoms with Gasteiger partial charge in [-0.25, -0.2) is 0 Å². The number of Topliss-reactive ketones (excluding diaryl/α,β-unsaturated/α-hetero) is 1. The van der Waals surface area contributed by atoms with Crippen LogP contribution in [0.4, 0.5) is 0 Å². The van der Waals surface area contributed by atoms with Crippen molar-refractivity contribution in [3.8, 4) is 0 Å². The number of benzene rings is 1. The maximum atomic E-state index is 11.9. The van der Waals surface area contributed by atoms with Crippen molar-refractivity contribution in [1.29, 1.82) is 0 Å². The summed E-state index contributed by atoms with van der Waals surface area (Å²) in [6, 6.07) is 3.87. The zero-order valence-corrected chi connectivity index (χ0v) is 11.1. The van der Waals surface area contributed by atoms with E-state index in [0.29, 0.717) is 6.42 Å². The number of aliphatic hydroxyl groups is 1. The highest BCUT2D eigenvalue weighted by molar-refractivity contribution is 9.10. The SMILES string of the molecule is CC(C)(O)c1ccc2c(c1Br)C(=O)CCC2. The van der Waals surface area contributed by atoms with E-state index in [0.717, 1.165) is 34.0 Å². The van der Waals surface area contributed by atoms with Crippen molar-refractivity contribution in [1.82, 2.24) is 0 Å². The fourth-order valence-corrected chi connectivity index (χ4v) is 3.26. The lowest BCUT2D eigenvalue weighted by Crippen LogP contribution is -2.20. The molecule has 0 saturated heterocycles. The van der Waals surface area contributed by atoms with Crippen LogP contribution in [0.1, 0.15) is 48.2 Å². The highest BCUT2D eigenvalue weighted by atomic mass is 79.9. The number of hydrogen-bond acceptors (Lipinski definition) is 2. The molecule has 1 aromatic rings. The molecule has 1 aromatic carbocycles. The number of fused-ring (bicyclic) bond motifs is 1. The lowest BCUT2D eigenvalue weighted by Gasteiger charge is -2.24. The Morgan fingerprint density at radius 3 is 2.62 bits per heavy atom. The summed E-state index contributed by atoms with van der Waals surface area (Å²) in [5.41, 5.74) is 1.72. The summed E-state index contributed by atoms with van der Waals surface area (Å²) in [5.74, 6) is 0.180. The average molecular weight is 283 g/mol.